The van der Waals surface area contributed by atoms with Crippen molar-refractivity contribution in [2.45, 2.75) is 275 Å². The number of guanidine groups is 3. The predicted molar refractivity (Wildman–Crippen MR) is 494 cm³/mol. The van der Waals surface area contributed by atoms with E-state index < -0.39 is 188 Å². The summed E-state index contributed by atoms with van der Waals surface area (Å²) in [6.07, 6.45) is -2.12. The summed E-state index contributed by atoms with van der Waals surface area (Å²) in [5.41, 5.74) is 11.2. The fraction of sp³-hybridized carbons (Fsp3) is 0.600. The molecule has 0 aromatic heterocycles. The highest BCUT2D eigenvalue weighted by Crippen LogP contribution is 2.52. The third kappa shape index (κ3) is 24.5. The number of nitrogens with one attached hydrogen (secondary N) is 5. The Balaban J connectivity index is 0.000000205. The summed E-state index contributed by atoms with van der Waals surface area (Å²) >= 11 is 0. The second-order valence-electron chi connectivity index (χ2n) is 34.5. The maximum absolute atomic E-state index is 16.1. The van der Waals surface area contributed by atoms with Crippen molar-refractivity contribution in [3.05, 3.63) is 103 Å². The summed E-state index contributed by atoms with van der Waals surface area (Å²) in [7, 11) is -9.06. The molecule has 48 heteroatoms. The van der Waals surface area contributed by atoms with Crippen LogP contribution in [0.4, 0.5) is 8.78 Å². The number of hydrogen-bond acceptors (Lipinski definition) is 38. The molecular formula is C85H127F2N20O23P3. The Morgan fingerprint density at radius 2 is 0.932 bits per heavy atom. The number of esters is 3. The molecule has 0 spiro atoms. The Morgan fingerprint density at radius 1 is 0.549 bits per heavy atom. The number of hydrogen-bond donors (Lipinski definition) is 12. The van der Waals surface area contributed by atoms with Crippen molar-refractivity contribution in [1.29, 1.82) is 0 Å². The number of nitrogens with two attached hydrogens (primary N) is 3. The van der Waals surface area contributed by atoms with Gasteiger partial charge in [0.05, 0.1) is 78.9 Å². The topological polar surface area (TPSA) is 563 Å². The Labute approximate surface area is 771 Å². The quantitative estimate of drug-likeness (QED) is 0.0142. The standard InChI is InChI=1S/C30H41N6O9P.2C26H37FN7O7P.3CH4/c1-17(26(38)42-15-29(2,3)4)35-46(40,45-20-13-9-11-18-10-7-8-12-19(18)20)43-14-21-23(37)30(5,39)27(44-21)36-16-32-22-24(36)33-28(31)34-25(22)41-6;2*1-15(23(36)38-3)33-42(37,41-17-11-5-4-6-12-17)39-13-18-20(35)26(2,27)24(40-18)34-14-29-19-21(30-16-9-7-8-10-16)31-25(28)32-22(19)34;;;/h7-13,16-17,21-24,27,37,39H,14-15H2,1-6H3,(H2,31,33)(H,35,40);2*4-6,11-12,14-16,18-20,22,24,35H,7-10,13H2,1-3H3,(H,33,37)(H3,28,30,31,32);3*1H4/t17-,21+,22?,23+,24?,27+,30+,46+;15-,18+,19?,20+,22?,24+,26+,42+;15-,18+,19?,20+,22?,24+,26+,42-;;;/m000.../s1. The van der Waals surface area contributed by atoms with Gasteiger partial charge in [-0.1, -0.05) is 142 Å². The number of amidine groups is 2. The molecular weight excluding hydrogens is 1800 g/mol. The van der Waals surface area contributed by atoms with Crippen molar-refractivity contribution in [2.75, 3.05) is 47.8 Å². The Morgan fingerprint density at radius 3 is 1.37 bits per heavy atom. The van der Waals surface area contributed by atoms with Gasteiger partial charge in [0.15, 0.2) is 66.5 Å². The molecule has 0 amide bonds. The zero-order valence-corrected chi connectivity index (χ0v) is 76.5. The highest BCUT2D eigenvalue weighted by molar-refractivity contribution is 7.52. The number of aliphatic imine (C=N–C) groups is 9. The van der Waals surface area contributed by atoms with Gasteiger partial charge in [0.2, 0.25) is 11.9 Å². The Kier molecular flexibility index (Phi) is 34.8. The number of carbonyl (C=O) groups is 3. The van der Waals surface area contributed by atoms with Crippen LogP contribution in [-0.2, 0) is 74.8 Å². The molecule has 0 radical (unpaired) electrons. The van der Waals surface area contributed by atoms with Crippen LogP contribution >= 0.6 is 23.2 Å². The Hall–Kier alpha value is -9.79. The first kappa shape index (κ1) is 105. The lowest BCUT2D eigenvalue weighted by molar-refractivity contribution is -0.148. The van der Waals surface area contributed by atoms with Crippen LogP contribution in [0.25, 0.3) is 10.8 Å². The van der Waals surface area contributed by atoms with Crippen molar-refractivity contribution in [2.24, 2.45) is 67.5 Å². The third-order valence-corrected chi connectivity index (χ3v) is 27.9. The number of rotatable bonds is 30. The molecule has 43 nitrogen and oxygen atoms in total. The van der Waals surface area contributed by atoms with Gasteiger partial charge in [-0.2, -0.15) is 20.3 Å². The molecule has 4 aromatic carbocycles. The largest absolute Gasteiger partial charge is 0.482 e. The van der Waals surface area contributed by atoms with Gasteiger partial charge in [-0.25, -0.2) is 37.5 Å². The molecule has 9 aliphatic heterocycles. The van der Waals surface area contributed by atoms with Crippen molar-refractivity contribution in [1.82, 2.24) is 40.6 Å². The van der Waals surface area contributed by atoms with Gasteiger partial charge in [-0.15, -0.1) is 0 Å². The number of ether oxygens (including phenoxy) is 7. The smallest absolute Gasteiger partial charge is 0.459 e. The van der Waals surface area contributed by atoms with E-state index in [4.69, 9.17) is 87.5 Å². The van der Waals surface area contributed by atoms with E-state index in [9.17, 15) is 48.5 Å². The van der Waals surface area contributed by atoms with E-state index in [1.54, 1.807) is 78.9 Å². The monoisotopic (exact) mass is 1930 g/mol. The Bertz CT molecular complexity index is 4930. The van der Waals surface area contributed by atoms with E-state index >= 15 is 8.78 Å². The number of halogens is 2. The van der Waals surface area contributed by atoms with E-state index in [1.165, 1.54) is 96.6 Å². The lowest BCUT2D eigenvalue weighted by atomic mass is 9.96. The predicted octanol–water partition coefficient (Wildman–Crippen LogP) is 6.97. The van der Waals surface area contributed by atoms with Crippen LogP contribution in [0.5, 0.6) is 17.2 Å². The van der Waals surface area contributed by atoms with Gasteiger partial charge in [-0.3, -0.25) is 52.9 Å². The molecule has 24 atom stereocenters. The summed E-state index contributed by atoms with van der Waals surface area (Å²) in [5.74, 6) is 0.114. The number of benzene rings is 4. The number of aliphatic hydroxyl groups excluding tert-OH is 3. The number of alkyl halides is 2. The van der Waals surface area contributed by atoms with Crippen LogP contribution in [0.1, 0.15) is 136 Å². The summed E-state index contributed by atoms with van der Waals surface area (Å²) in [4.78, 5) is 81.5. The molecule has 6 unspecified atom stereocenters. The van der Waals surface area contributed by atoms with Gasteiger partial charge in [0, 0.05) is 5.39 Å². The molecule has 15 N–H and O–H groups in total. The zero-order chi connectivity index (χ0) is 93.6. The first-order valence-electron chi connectivity index (χ1n) is 42.5. The first-order chi connectivity index (χ1) is 61.6. The minimum atomic E-state index is -4.36. The zero-order valence-electron chi connectivity index (χ0n) is 73.8. The normalized spacial score (nSPS) is 31.7. The first-order valence-corrected chi connectivity index (χ1v) is 47.2. The summed E-state index contributed by atoms with van der Waals surface area (Å²) < 4.78 is 146. The van der Waals surface area contributed by atoms with Crippen molar-refractivity contribution in [3.63, 3.8) is 0 Å². The number of aliphatic hydroxyl groups is 4. The van der Waals surface area contributed by atoms with E-state index in [0.29, 0.717) is 17.1 Å². The molecule has 133 heavy (non-hydrogen) atoms. The number of carbonyl (C=O) groups excluding carboxylic acids is 3. The summed E-state index contributed by atoms with van der Waals surface area (Å²) in [6, 6.07) is 24.3. The highest BCUT2D eigenvalue weighted by atomic mass is 31.2. The summed E-state index contributed by atoms with van der Waals surface area (Å²) in [6.45, 7) is 12.4. The number of nitrogens with zero attached hydrogens (tertiary/aromatic N) is 12. The fourth-order valence-corrected chi connectivity index (χ4v) is 20.7. The van der Waals surface area contributed by atoms with Gasteiger partial charge >= 0.3 is 41.1 Å². The van der Waals surface area contributed by atoms with Gasteiger partial charge < -0.3 is 110 Å². The van der Waals surface area contributed by atoms with Gasteiger partial charge in [0.25, 0.3) is 0 Å². The molecule has 4 aromatic rings. The SMILES string of the molecule is C.C.C.COC(=O)[C@H](C)N[P@@](=O)(OC[C@H]1O[C@@H](N2C=NC3C(=NC4CCCC4)NC(N)=NC32)[C@](C)(F)[C@@H]1O)Oc1ccccc1.COC(=O)[C@H](C)N[P@](=O)(OC[C@H]1O[C@@H](N2C=NC3C(=NC4CCCC4)NC(N)=NC32)[C@](C)(F)[C@@H]1O)Oc1ccccc1.COC1=NC(N)=NC2C1N=CN2[C@@H]1O[C@H](CO[P@](=O)(N[C@@H](C)C(=O)OCC(C)(C)C)Oc2cccc3ccccc23)[C@@H](O)[C@@]1(C)O. The minimum absolute atomic E-state index is 0. The number of fused-ring (bicyclic) bond motifs is 4. The highest BCUT2D eigenvalue weighted by Gasteiger charge is 2.63. The van der Waals surface area contributed by atoms with Crippen LogP contribution < -0.4 is 56.7 Å². The van der Waals surface area contributed by atoms with Crippen molar-refractivity contribution >= 4 is 106 Å². The van der Waals surface area contributed by atoms with Crippen LogP contribution in [0.3, 0.4) is 0 Å². The molecule has 9 heterocycles. The van der Waals surface area contributed by atoms with E-state index in [-0.39, 0.29) is 87.4 Å². The second kappa shape index (κ2) is 43.9. The molecule has 11 aliphatic rings. The third-order valence-electron chi connectivity index (χ3n) is 23.0. The number of para-hydroxylation sites is 2. The van der Waals surface area contributed by atoms with E-state index in [1.807, 2.05) is 45.0 Å². The van der Waals surface area contributed by atoms with Crippen molar-refractivity contribution < 1.29 is 118 Å². The van der Waals surface area contributed by atoms with E-state index in [2.05, 4.69) is 60.8 Å². The molecule has 2 saturated carbocycles. The van der Waals surface area contributed by atoms with Crippen LogP contribution in [0, 0.1) is 5.41 Å². The molecule has 2 aliphatic carbocycles. The fourth-order valence-electron chi connectivity index (χ4n) is 16.2. The van der Waals surface area contributed by atoms with Crippen LogP contribution in [-0.4, -0.2) is 294 Å². The lowest BCUT2D eigenvalue weighted by Crippen LogP contribution is -2.58. The molecule has 734 valence electrons. The van der Waals surface area contributed by atoms with Crippen LogP contribution in [0.2, 0.25) is 0 Å². The van der Waals surface area contributed by atoms with E-state index in [0.717, 1.165) is 56.8 Å². The summed E-state index contributed by atoms with van der Waals surface area (Å²) in [5, 5.41) is 59.7. The number of methoxy groups -OCH3 is 3. The lowest BCUT2D eigenvalue weighted by Gasteiger charge is -2.36. The van der Waals surface area contributed by atoms with Gasteiger partial charge in [0.1, 0.15) is 101 Å². The minimum Gasteiger partial charge on any atom is -0.482 e. The average Bonchev–Trinajstić information content (AvgIpc) is 1.60. The molecule has 0 bridgehead atoms. The van der Waals surface area contributed by atoms with Crippen molar-refractivity contribution in [3.8, 4) is 17.2 Å². The van der Waals surface area contributed by atoms with Gasteiger partial charge in [-0.05, 0) is 108 Å². The molecule has 3 saturated heterocycles. The molecule has 15 rings (SSSR count). The second-order valence-corrected chi connectivity index (χ2v) is 39.6. The van der Waals surface area contributed by atoms with Crippen LogP contribution in [0.15, 0.2) is 148 Å². The maximum Gasteiger partial charge on any atom is 0.459 e. The average molecular weight is 1930 g/mol. The maximum atomic E-state index is 16.1. The molecule has 5 fully saturated rings.